The Bertz CT molecular complexity index is 596. The molecule has 0 aliphatic heterocycles. The monoisotopic (exact) mass is 241 g/mol. The Hall–Kier alpha value is -2.28. The molecule has 0 bridgehead atoms. The molecule has 1 heterocycles. The van der Waals surface area contributed by atoms with Crippen LogP contribution in [0.3, 0.4) is 0 Å². The number of nitrogens with zero attached hydrogens (tertiary/aromatic N) is 3. The molecule has 18 heavy (non-hydrogen) atoms. The van der Waals surface area contributed by atoms with Gasteiger partial charge in [-0.3, -0.25) is 0 Å². The quantitative estimate of drug-likeness (QED) is 0.812. The average Bonchev–Trinajstić information content (AvgIpc) is 2.31. The molecule has 0 N–H and O–H groups in total. The van der Waals surface area contributed by atoms with E-state index < -0.39 is 11.7 Å². The Labute approximate surface area is 105 Å². The summed E-state index contributed by atoms with van der Waals surface area (Å²) in [7, 11) is 0. The van der Waals surface area contributed by atoms with Gasteiger partial charge in [0.05, 0.1) is 6.07 Å². The lowest BCUT2D eigenvalue weighted by molar-refractivity contribution is 0.605. The highest BCUT2D eigenvalue weighted by atomic mass is 19.1. The predicted molar refractivity (Wildman–Crippen MR) is 65.4 cm³/mol. The molecule has 0 fully saturated rings. The van der Waals surface area contributed by atoms with Crippen molar-refractivity contribution in [3.63, 3.8) is 0 Å². The van der Waals surface area contributed by atoms with E-state index in [1.54, 1.807) is 18.2 Å². The van der Waals surface area contributed by atoms with E-state index in [2.05, 4.69) is 16.0 Å². The van der Waals surface area contributed by atoms with E-state index in [0.29, 0.717) is 11.4 Å². The number of rotatable bonds is 2. The molecule has 0 saturated carbocycles. The Kier molecular flexibility index (Phi) is 3.33. The van der Waals surface area contributed by atoms with Gasteiger partial charge in [-0.05, 0) is 26.0 Å². The van der Waals surface area contributed by atoms with Crippen LogP contribution in [0.1, 0.15) is 28.7 Å². The molecule has 4 heteroatoms. The molecule has 0 amide bonds. The van der Waals surface area contributed by atoms with Crippen LogP contribution in [-0.2, 0) is 0 Å². The van der Waals surface area contributed by atoms with Gasteiger partial charge in [-0.1, -0.05) is 18.2 Å². The molecule has 1 atom stereocenters. The van der Waals surface area contributed by atoms with Gasteiger partial charge in [0.25, 0.3) is 0 Å². The zero-order valence-corrected chi connectivity index (χ0v) is 10.2. The first-order chi connectivity index (χ1) is 8.61. The summed E-state index contributed by atoms with van der Waals surface area (Å²) in [4.78, 5) is 8.44. The number of hydrogen-bond acceptors (Lipinski definition) is 3. The third-order valence-corrected chi connectivity index (χ3v) is 2.60. The highest BCUT2D eigenvalue weighted by Crippen LogP contribution is 2.23. The van der Waals surface area contributed by atoms with Crippen LogP contribution in [0, 0.1) is 31.0 Å². The first-order valence-electron chi connectivity index (χ1n) is 5.58. The predicted octanol–water partition coefficient (Wildman–Crippen LogP) is 2.89. The van der Waals surface area contributed by atoms with Crippen LogP contribution in [0.25, 0.3) is 0 Å². The van der Waals surface area contributed by atoms with Crippen LogP contribution in [0.15, 0.2) is 30.3 Å². The summed E-state index contributed by atoms with van der Waals surface area (Å²) in [6, 6.07) is 10.1. The van der Waals surface area contributed by atoms with E-state index in [0.717, 1.165) is 11.4 Å². The summed E-state index contributed by atoms with van der Waals surface area (Å²) < 4.78 is 13.7. The molecule has 0 radical (unpaired) electrons. The minimum atomic E-state index is -0.773. The van der Waals surface area contributed by atoms with Crippen molar-refractivity contribution in [2.45, 2.75) is 19.8 Å². The van der Waals surface area contributed by atoms with E-state index in [4.69, 9.17) is 0 Å². The molecular formula is C14H12FN3. The summed E-state index contributed by atoms with van der Waals surface area (Å²) in [6.45, 7) is 3.65. The Morgan fingerprint density at radius 2 is 1.78 bits per heavy atom. The summed E-state index contributed by atoms with van der Waals surface area (Å²) >= 11 is 0. The van der Waals surface area contributed by atoms with Crippen LogP contribution >= 0.6 is 0 Å². The molecular weight excluding hydrogens is 229 g/mol. The first kappa shape index (κ1) is 12.2. The van der Waals surface area contributed by atoms with Crippen molar-refractivity contribution in [3.8, 4) is 6.07 Å². The van der Waals surface area contributed by atoms with Crippen molar-refractivity contribution in [3.05, 3.63) is 58.9 Å². The topological polar surface area (TPSA) is 49.6 Å². The number of halogens is 1. The van der Waals surface area contributed by atoms with Gasteiger partial charge in [0.2, 0.25) is 0 Å². The van der Waals surface area contributed by atoms with Gasteiger partial charge in [-0.15, -0.1) is 0 Å². The van der Waals surface area contributed by atoms with E-state index >= 15 is 0 Å². The van der Waals surface area contributed by atoms with E-state index in [-0.39, 0.29) is 0 Å². The number of benzene rings is 1. The fourth-order valence-electron chi connectivity index (χ4n) is 1.86. The van der Waals surface area contributed by atoms with Crippen molar-refractivity contribution in [2.24, 2.45) is 0 Å². The zero-order valence-electron chi connectivity index (χ0n) is 10.2. The molecule has 90 valence electrons. The van der Waals surface area contributed by atoms with E-state index in [9.17, 15) is 9.65 Å². The number of nitriles is 1. The minimum absolute atomic E-state index is 0.310. The van der Waals surface area contributed by atoms with Crippen molar-refractivity contribution in [2.75, 3.05) is 0 Å². The van der Waals surface area contributed by atoms with Crippen LogP contribution in [0.4, 0.5) is 4.39 Å². The SMILES string of the molecule is Cc1cc(C)nc(C(C#N)c2ccccc2F)n1. The molecule has 3 nitrogen and oxygen atoms in total. The molecule has 2 aromatic rings. The van der Waals surface area contributed by atoms with Gasteiger partial charge in [-0.2, -0.15) is 5.26 Å². The van der Waals surface area contributed by atoms with Crippen LogP contribution in [0.2, 0.25) is 0 Å². The largest absolute Gasteiger partial charge is 0.236 e. The molecule has 0 aliphatic rings. The summed E-state index contributed by atoms with van der Waals surface area (Å²) in [5.41, 5.74) is 1.85. The molecule has 2 rings (SSSR count). The van der Waals surface area contributed by atoms with Gasteiger partial charge in [0.1, 0.15) is 11.7 Å². The van der Waals surface area contributed by atoms with Gasteiger partial charge >= 0.3 is 0 Å². The molecule has 1 aromatic heterocycles. The lowest BCUT2D eigenvalue weighted by Crippen LogP contribution is -2.08. The van der Waals surface area contributed by atoms with Gasteiger partial charge in [0.15, 0.2) is 5.82 Å². The molecule has 0 spiro atoms. The van der Waals surface area contributed by atoms with E-state index in [1.165, 1.54) is 6.07 Å². The van der Waals surface area contributed by atoms with Crippen LogP contribution < -0.4 is 0 Å². The Morgan fingerprint density at radius 3 is 2.33 bits per heavy atom. The first-order valence-corrected chi connectivity index (χ1v) is 5.58. The highest BCUT2D eigenvalue weighted by Gasteiger charge is 2.20. The molecule has 0 aliphatic carbocycles. The third kappa shape index (κ3) is 2.35. The molecule has 1 aromatic carbocycles. The van der Waals surface area contributed by atoms with Crippen molar-refractivity contribution >= 4 is 0 Å². The summed E-state index contributed by atoms with van der Waals surface area (Å²) in [5.74, 6) is -0.836. The third-order valence-electron chi connectivity index (χ3n) is 2.60. The minimum Gasteiger partial charge on any atom is -0.236 e. The Morgan fingerprint density at radius 1 is 1.17 bits per heavy atom. The highest BCUT2D eigenvalue weighted by molar-refractivity contribution is 5.33. The second kappa shape index (κ2) is 4.92. The summed E-state index contributed by atoms with van der Waals surface area (Å²) in [6.07, 6.45) is 0. The second-order valence-electron chi connectivity index (χ2n) is 4.09. The van der Waals surface area contributed by atoms with Crippen LogP contribution in [-0.4, -0.2) is 9.97 Å². The van der Waals surface area contributed by atoms with Crippen LogP contribution in [0.5, 0.6) is 0 Å². The standard InChI is InChI=1S/C14H12FN3/c1-9-7-10(2)18-14(17-9)12(8-16)11-5-3-4-6-13(11)15/h3-7,12H,1-2H3. The molecule has 1 unspecified atom stereocenters. The maximum absolute atomic E-state index is 13.7. The lowest BCUT2D eigenvalue weighted by atomic mass is 9.99. The summed E-state index contributed by atoms with van der Waals surface area (Å²) in [5, 5.41) is 9.24. The number of aryl methyl sites for hydroxylation is 2. The van der Waals surface area contributed by atoms with Crippen molar-refractivity contribution in [1.29, 1.82) is 5.26 Å². The maximum atomic E-state index is 13.7. The average molecular weight is 241 g/mol. The second-order valence-corrected chi connectivity index (χ2v) is 4.09. The van der Waals surface area contributed by atoms with Crippen molar-refractivity contribution in [1.82, 2.24) is 9.97 Å². The van der Waals surface area contributed by atoms with Gasteiger partial charge in [0, 0.05) is 17.0 Å². The van der Waals surface area contributed by atoms with Gasteiger partial charge < -0.3 is 0 Å². The number of hydrogen-bond donors (Lipinski definition) is 0. The lowest BCUT2D eigenvalue weighted by Gasteiger charge is -2.10. The van der Waals surface area contributed by atoms with Crippen molar-refractivity contribution < 1.29 is 4.39 Å². The fourth-order valence-corrected chi connectivity index (χ4v) is 1.86. The smallest absolute Gasteiger partial charge is 0.150 e. The zero-order chi connectivity index (χ0) is 13.1. The fraction of sp³-hybridized carbons (Fsp3) is 0.214. The molecule has 0 saturated heterocycles. The van der Waals surface area contributed by atoms with Gasteiger partial charge in [-0.25, -0.2) is 14.4 Å². The number of aromatic nitrogens is 2. The Balaban J connectivity index is 2.53. The normalized spacial score (nSPS) is 11.9. The van der Waals surface area contributed by atoms with E-state index in [1.807, 2.05) is 19.9 Å². The maximum Gasteiger partial charge on any atom is 0.150 e.